The van der Waals surface area contributed by atoms with Crippen molar-refractivity contribution in [3.63, 3.8) is 0 Å². The van der Waals surface area contributed by atoms with Crippen LogP contribution < -0.4 is 14.2 Å². The van der Waals surface area contributed by atoms with Gasteiger partial charge in [-0.3, -0.25) is 9.52 Å². The van der Waals surface area contributed by atoms with Gasteiger partial charge >= 0.3 is 0 Å². The summed E-state index contributed by atoms with van der Waals surface area (Å²) in [6, 6.07) is 5.19. The monoisotopic (exact) mass is 536 g/mol. The summed E-state index contributed by atoms with van der Waals surface area (Å²) in [6.07, 6.45) is -0.332. The molecule has 0 bridgehead atoms. The van der Waals surface area contributed by atoms with E-state index in [-0.39, 0.29) is 49.2 Å². The van der Waals surface area contributed by atoms with Crippen molar-refractivity contribution < 1.29 is 27.4 Å². The maximum absolute atomic E-state index is 13.2. The number of carbonyl (C=O) groups is 1. The van der Waals surface area contributed by atoms with Crippen molar-refractivity contribution in [1.29, 1.82) is 0 Å². The van der Waals surface area contributed by atoms with Crippen molar-refractivity contribution in [2.75, 3.05) is 32.0 Å². The molecule has 0 spiro atoms. The molecule has 1 saturated heterocycles. The number of morpholine rings is 1. The standard InChI is InChI=1S/C21H23Cl3N2O6S/c1-11-9-26(10-12(2)32-11)21(27)13-5-20(16(24)6-14(13)22)33(28,29)25-17-7-15(23)18(30-3)8-19(17)31-4/h5-8,11-12,25H,9-10H2,1-4H3/t11-,12-/m0/s1. The minimum atomic E-state index is -4.25. The summed E-state index contributed by atoms with van der Waals surface area (Å²) in [4.78, 5) is 14.4. The molecule has 180 valence electrons. The van der Waals surface area contributed by atoms with Crippen LogP contribution in [0.1, 0.15) is 24.2 Å². The molecular weight excluding hydrogens is 515 g/mol. The van der Waals surface area contributed by atoms with Gasteiger partial charge in [-0.1, -0.05) is 34.8 Å². The first-order chi connectivity index (χ1) is 15.5. The molecule has 2 atom stereocenters. The summed E-state index contributed by atoms with van der Waals surface area (Å²) in [6.45, 7) is 4.41. The molecule has 1 heterocycles. The Balaban J connectivity index is 1.99. The molecule has 33 heavy (non-hydrogen) atoms. The Kier molecular flexibility index (Phi) is 7.91. The number of nitrogens with one attached hydrogen (secondary N) is 1. The molecule has 1 N–H and O–H groups in total. The van der Waals surface area contributed by atoms with Crippen molar-refractivity contribution in [2.24, 2.45) is 0 Å². The number of anilines is 1. The normalized spacial score (nSPS) is 18.7. The molecule has 3 rings (SSSR count). The second-order valence-electron chi connectivity index (χ2n) is 7.52. The van der Waals surface area contributed by atoms with E-state index < -0.39 is 15.9 Å². The second kappa shape index (κ2) is 10.1. The van der Waals surface area contributed by atoms with E-state index in [1.165, 1.54) is 32.4 Å². The Morgan fingerprint density at radius 2 is 1.58 bits per heavy atom. The fourth-order valence-corrected chi connectivity index (χ4v) is 5.71. The highest BCUT2D eigenvalue weighted by Crippen LogP contribution is 2.38. The molecule has 0 unspecified atom stereocenters. The highest BCUT2D eigenvalue weighted by molar-refractivity contribution is 7.92. The van der Waals surface area contributed by atoms with Gasteiger partial charge in [-0.2, -0.15) is 0 Å². The molecule has 1 aliphatic rings. The summed E-state index contributed by atoms with van der Waals surface area (Å²) >= 11 is 18.6. The minimum absolute atomic E-state index is 0.0162. The lowest BCUT2D eigenvalue weighted by Gasteiger charge is -2.35. The number of sulfonamides is 1. The number of ether oxygens (including phenoxy) is 3. The maximum atomic E-state index is 13.2. The van der Waals surface area contributed by atoms with Crippen LogP contribution in [0.4, 0.5) is 5.69 Å². The second-order valence-corrected chi connectivity index (χ2v) is 10.4. The number of benzene rings is 2. The average molecular weight is 538 g/mol. The molecule has 0 aliphatic carbocycles. The van der Waals surface area contributed by atoms with E-state index in [4.69, 9.17) is 49.0 Å². The molecule has 8 nitrogen and oxygen atoms in total. The number of hydrogen-bond donors (Lipinski definition) is 1. The predicted molar refractivity (Wildman–Crippen MR) is 128 cm³/mol. The number of halogens is 3. The Morgan fingerprint density at radius 1 is 0.970 bits per heavy atom. The van der Waals surface area contributed by atoms with Crippen LogP contribution in [-0.2, 0) is 14.8 Å². The van der Waals surface area contributed by atoms with Gasteiger partial charge in [-0.05, 0) is 32.0 Å². The molecule has 2 aromatic rings. The van der Waals surface area contributed by atoms with Crippen molar-refractivity contribution in [1.82, 2.24) is 4.90 Å². The van der Waals surface area contributed by atoms with Gasteiger partial charge in [-0.15, -0.1) is 0 Å². The lowest BCUT2D eigenvalue weighted by molar-refractivity contribution is -0.0586. The number of rotatable bonds is 6. The first-order valence-electron chi connectivity index (χ1n) is 9.85. The average Bonchev–Trinajstić information content (AvgIpc) is 2.72. The third-order valence-corrected chi connectivity index (χ3v) is 7.40. The van der Waals surface area contributed by atoms with Crippen LogP contribution in [0.2, 0.25) is 15.1 Å². The number of methoxy groups -OCH3 is 2. The van der Waals surface area contributed by atoms with E-state index in [0.29, 0.717) is 18.8 Å². The van der Waals surface area contributed by atoms with Gasteiger partial charge in [0.15, 0.2) is 0 Å². The molecule has 0 saturated carbocycles. The van der Waals surface area contributed by atoms with E-state index in [9.17, 15) is 13.2 Å². The van der Waals surface area contributed by atoms with Crippen LogP contribution in [0, 0.1) is 0 Å². The van der Waals surface area contributed by atoms with Crippen LogP contribution in [-0.4, -0.2) is 58.7 Å². The third kappa shape index (κ3) is 5.60. The Labute approximate surface area is 207 Å². The molecule has 0 radical (unpaired) electrons. The van der Waals surface area contributed by atoms with Crippen LogP contribution in [0.15, 0.2) is 29.2 Å². The number of hydrogen-bond acceptors (Lipinski definition) is 6. The summed E-state index contributed by atoms with van der Waals surface area (Å²) in [7, 11) is -1.46. The maximum Gasteiger partial charge on any atom is 0.263 e. The summed E-state index contributed by atoms with van der Waals surface area (Å²) in [5.74, 6) is 0.0699. The minimum Gasteiger partial charge on any atom is -0.495 e. The number of nitrogens with zero attached hydrogens (tertiary/aromatic N) is 1. The van der Waals surface area contributed by atoms with Gasteiger partial charge in [-0.25, -0.2) is 8.42 Å². The lowest BCUT2D eigenvalue weighted by atomic mass is 10.1. The largest absolute Gasteiger partial charge is 0.495 e. The first-order valence-corrected chi connectivity index (χ1v) is 12.5. The van der Waals surface area contributed by atoms with Gasteiger partial charge in [0.25, 0.3) is 15.9 Å². The van der Waals surface area contributed by atoms with E-state index in [1.54, 1.807) is 4.90 Å². The van der Waals surface area contributed by atoms with E-state index >= 15 is 0 Å². The van der Waals surface area contributed by atoms with Crippen LogP contribution in [0.3, 0.4) is 0 Å². The van der Waals surface area contributed by atoms with Crippen LogP contribution >= 0.6 is 34.8 Å². The zero-order valence-corrected chi connectivity index (χ0v) is 21.4. The van der Waals surface area contributed by atoms with E-state index in [1.807, 2.05) is 13.8 Å². The molecule has 1 aliphatic heterocycles. The molecular formula is C21H23Cl3N2O6S. The fraction of sp³-hybridized carbons (Fsp3) is 0.381. The molecule has 1 amide bonds. The van der Waals surface area contributed by atoms with Gasteiger partial charge in [0.05, 0.1) is 52.7 Å². The zero-order chi connectivity index (χ0) is 24.5. The van der Waals surface area contributed by atoms with Gasteiger partial charge in [0, 0.05) is 19.2 Å². The van der Waals surface area contributed by atoms with Gasteiger partial charge in [0.1, 0.15) is 16.4 Å². The lowest BCUT2D eigenvalue weighted by Crippen LogP contribution is -2.48. The molecule has 0 aromatic heterocycles. The van der Waals surface area contributed by atoms with Crippen molar-refractivity contribution >= 4 is 56.4 Å². The van der Waals surface area contributed by atoms with Gasteiger partial charge < -0.3 is 19.1 Å². The summed E-state index contributed by atoms with van der Waals surface area (Å²) < 4.78 is 44.8. The number of carbonyl (C=O) groups excluding carboxylic acids is 1. The van der Waals surface area contributed by atoms with E-state index in [2.05, 4.69) is 4.72 Å². The molecule has 1 fully saturated rings. The van der Waals surface area contributed by atoms with Crippen molar-refractivity contribution in [3.8, 4) is 11.5 Å². The predicted octanol–water partition coefficient (Wildman–Crippen LogP) is 4.71. The highest BCUT2D eigenvalue weighted by atomic mass is 35.5. The topological polar surface area (TPSA) is 94.2 Å². The SMILES string of the molecule is COc1cc(OC)c(NS(=O)(=O)c2cc(C(=O)N3C[C@H](C)O[C@@H](C)C3)c(Cl)cc2Cl)cc1Cl. The Morgan fingerprint density at radius 3 is 2.15 bits per heavy atom. The Bertz CT molecular complexity index is 1170. The van der Waals surface area contributed by atoms with Gasteiger partial charge in [0.2, 0.25) is 0 Å². The molecule has 2 aromatic carbocycles. The highest BCUT2D eigenvalue weighted by Gasteiger charge is 2.30. The quantitative estimate of drug-likeness (QED) is 0.573. The Hall–Kier alpha value is -1.91. The number of amides is 1. The smallest absolute Gasteiger partial charge is 0.263 e. The summed E-state index contributed by atoms with van der Waals surface area (Å²) in [5, 5.41) is 0.0665. The molecule has 12 heteroatoms. The van der Waals surface area contributed by atoms with Crippen molar-refractivity contribution in [3.05, 3.63) is 44.9 Å². The van der Waals surface area contributed by atoms with Crippen LogP contribution in [0.25, 0.3) is 0 Å². The first kappa shape index (κ1) is 25.7. The zero-order valence-electron chi connectivity index (χ0n) is 18.3. The fourth-order valence-electron chi connectivity index (χ4n) is 3.55. The summed E-state index contributed by atoms with van der Waals surface area (Å²) in [5.41, 5.74) is 0.0838. The van der Waals surface area contributed by atoms with Crippen molar-refractivity contribution in [2.45, 2.75) is 31.0 Å². The van der Waals surface area contributed by atoms with E-state index in [0.717, 1.165) is 6.07 Å². The van der Waals surface area contributed by atoms with Crippen LogP contribution in [0.5, 0.6) is 11.5 Å². The third-order valence-electron chi connectivity index (χ3n) is 4.97.